The van der Waals surface area contributed by atoms with Crippen LogP contribution in [0.4, 0.5) is 4.39 Å². The van der Waals surface area contributed by atoms with Crippen LogP contribution in [0.1, 0.15) is 59.6 Å². The van der Waals surface area contributed by atoms with E-state index in [2.05, 4.69) is 20.5 Å². The number of pyridine rings is 1. The number of aryl methyl sites for hydroxylation is 3. The molecule has 198 valence electrons. The number of fused-ring (bicyclic) bond motifs is 3. The fourth-order valence-electron chi connectivity index (χ4n) is 5.58. The van der Waals surface area contributed by atoms with E-state index in [0.29, 0.717) is 63.4 Å². The van der Waals surface area contributed by atoms with E-state index in [-0.39, 0.29) is 17.7 Å². The molecule has 1 fully saturated rings. The third kappa shape index (κ3) is 3.99. The second kappa shape index (κ2) is 8.99. The van der Waals surface area contributed by atoms with Crippen LogP contribution in [0.3, 0.4) is 0 Å². The van der Waals surface area contributed by atoms with Crippen molar-refractivity contribution in [1.29, 1.82) is 0 Å². The summed E-state index contributed by atoms with van der Waals surface area (Å²) < 4.78 is 54.5. The summed E-state index contributed by atoms with van der Waals surface area (Å²) in [7, 11) is 1.62. The Labute approximate surface area is 223 Å². The van der Waals surface area contributed by atoms with Gasteiger partial charge in [0.15, 0.2) is 0 Å². The fourth-order valence-corrected chi connectivity index (χ4v) is 5.58. The Morgan fingerprint density at radius 2 is 1.97 bits per heavy atom. The zero-order valence-corrected chi connectivity index (χ0v) is 21.7. The highest BCUT2D eigenvalue weighted by Gasteiger charge is 2.34. The topological polar surface area (TPSA) is 104 Å². The van der Waals surface area contributed by atoms with Crippen molar-refractivity contribution in [3.8, 4) is 11.3 Å². The summed E-state index contributed by atoms with van der Waals surface area (Å²) in [6.07, 6.45) is 3.01. The summed E-state index contributed by atoms with van der Waals surface area (Å²) in [6, 6.07) is 6.43. The maximum Gasteiger partial charge on any atom is 0.135 e. The van der Waals surface area contributed by atoms with Crippen LogP contribution >= 0.6 is 0 Å². The molecular weight excluding hydrogens is 487 g/mol. The summed E-state index contributed by atoms with van der Waals surface area (Å²) in [5.74, 6) is 0.195. The van der Waals surface area contributed by atoms with Crippen molar-refractivity contribution in [2.24, 2.45) is 13.0 Å². The van der Waals surface area contributed by atoms with Crippen LogP contribution in [0.25, 0.3) is 33.2 Å². The van der Waals surface area contributed by atoms with Gasteiger partial charge in [0.2, 0.25) is 0 Å². The van der Waals surface area contributed by atoms with Crippen LogP contribution < -0.4 is 0 Å². The molecule has 0 bridgehead atoms. The summed E-state index contributed by atoms with van der Waals surface area (Å²) >= 11 is 0. The molecule has 4 aromatic heterocycles. The van der Waals surface area contributed by atoms with E-state index in [1.54, 1.807) is 33.0 Å². The predicted octanol–water partition coefficient (Wildman–Crippen LogP) is 4.97. The molecule has 0 aliphatic carbocycles. The first-order valence-electron chi connectivity index (χ1n) is 14.1. The Hall–Kier alpha value is -3.63. The number of hydrogen-bond acceptors (Lipinski definition) is 7. The molecule has 0 spiro atoms. The third-order valence-electron chi connectivity index (χ3n) is 7.44. The van der Waals surface area contributed by atoms with Crippen LogP contribution in [0.2, 0.25) is 0 Å². The molecule has 1 atom stereocenters. The van der Waals surface area contributed by atoms with Crippen molar-refractivity contribution in [2.75, 3.05) is 13.2 Å². The number of rotatable bonds is 5. The number of benzene rings is 1. The summed E-state index contributed by atoms with van der Waals surface area (Å²) in [4.78, 5) is 4.68. The number of halogens is 1. The maximum atomic E-state index is 16.0. The summed E-state index contributed by atoms with van der Waals surface area (Å²) in [5.41, 5.74) is 1.95. The van der Waals surface area contributed by atoms with Crippen LogP contribution in [-0.4, -0.2) is 48.0 Å². The molecule has 38 heavy (non-hydrogen) atoms. The van der Waals surface area contributed by atoms with E-state index in [0.717, 1.165) is 12.8 Å². The molecule has 0 amide bonds. The first kappa shape index (κ1) is 21.3. The highest BCUT2D eigenvalue weighted by molar-refractivity contribution is 6.07. The Balaban J connectivity index is 1.72. The molecule has 5 heterocycles. The minimum atomic E-state index is -2.50. The van der Waals surface area contributed by atoms with Crippen molar-refractivity contribution < 1.29 is 22.9 Å². The average molecular weight is 522 g/mol. The van der Waals surface area contributed by atoms with Gasteiger partial charge in [-0.1, -0.05) is 10.4 Å². The van der Waals surface area contributed by atoms with Gasteiger partial charge in [-0.25, -0.2) is 9.07 Å². The number of hydrogen-bond donors (Lipinski definition) is 1. The molecule has 9 nitrogen and oxygen atoms in total. The number of ether oxygens (including phenoxy) is 1. The third-order valence-corrected chi connectivity index (χ3v) is 7.44. The molecule has 1 aliphatic heterocycles. The Morgan fingerprint density at radius 3 is 2.66 bits per heavy atom. The number of aliphatic hydroxyl groups is 1. The second-order valence-corrected chi connectivity index (χ2v) is 10.5. The highest BCUT2D eigenvalue weighted by atomic mass is 19.1. The predicted molar refractivity (Wildman–Crippen MR) is 140 cm³/mol. The van der Waals surface area contributed by atoms with E-state index >= 15 is 4.39 Å². The lowest BCUT2D eigenvalue weighted by atomic mass is 9.89. The van der Waals surface area contributed by atoms with Crippen molar-refractivity contribution in [3.63, 3.8) is 0 Å². The van der Waals surface area contributed by atoms with Gasteiger partial charge in [0.05, 0.1) is 45.0 Å². The Morgan fingerprint density at radius 1 is 1.18 bits per heavy atom. The maximum absolute atomic E-state index is 16.0. The molecule has 0 saturated carbocycles. The number of nitrogens with zero attached hydrogens (tertiary/aromatic N) is 6. The van der Waals surface area contributed by atoms with Gasteiger partial charge in [-0.15, -0.1) is 5.10 Å². The number of aromatic nitrogens is 6. The van der Waals surface area contributed by atoms with Crippen molar-refractivity contribution in [2.45, 2.75) is 52.1 Å². The van der Waals surface area contributed by atoms with E-state index in [9.17, 15) is 5.11 Å². The molecule has 0 radical (unpaired) electrons. The Bertz CT molecular complexity index is 1760. The summed E-state index contributed by atoms with van der Waals surface area (Å²) in [6.45, 7) is 3.69. The van der Waals surface area contributed by atoms with Crippen LogP contribution in [-0.2, 0) is 17.4 Å². The monoisotopic (exact) mass is 521 g/mol. The highest BCUT2D eigenvalue weighted by Crippen LogP contribution is 2.42. The van der Waals surface area contributed by atoms with Crippen molar-refractivity contribution in [1.82, 2.24) is 29.7 Å². The van der Waals surface area contributed by atoms with Gasteiger partial charge in [-0.3, -0.25) is 4.98 Å². The van der Waals surface area contributed by atoms with E-state index in [1.165, 1.54) is 16.9 Å². The largest absolute Gasteiger partial charge is 0.386 e. The van der Waals surface area contributed by atoms with Gasteiger partial charge >= 0.3 is 0 Å². The quantitative estimate of drug-likeness (QED) is 0.348. The molecule has 1 saturated heterocycles. The normalized spacial score (nSPS) is 17.6. The van der Waals surface area contributed by atoms with Gasteiger partial charge in [0, 0.05) is 42.2 Å². The van der Waals surface area contributed by atoms with Crippen LogP contribution in [0.15, 0.2) is 35.0 Å². The van der Waals surface area contributed by atoms with Gasteiger partial charge < -0.3 is 18.9 Å². The standard InChI is InChI=1S/C28H31FN6O3/c1-15-10-21(32-38-15)27(17-6-8-37-9-7-17)35-22-13-19(28(3,4)36)12-20(29)24(22)25-23(35)11-18(14-30-25)26-16(2)31-33-34(26)5/h10-14,17,27,36H,6-9H2,1-5H3/t27-/m0/s1/i2D3. The van der Waals surface area contributed by atoms with Crippen LogP contribution in [0, 0.1) is 25.5 Å². The lowest BCUT2D eigenvalue weighted by Gasteiger charge is -2.31. The minimum Gasteiger partial charge on any atom is -0.386 e. The van der Waals surface area contributed by atoms with E-state index in [4.69, 9.17) is 13.4 Å². The van der Waals surface area contributed by atoms with Crippen molar-refractivity contribution in [3.05, 3.63) is 59.0 Å². The lowest BCUT2D eigenvalue weighted by Crippen LogP contribution is -2.27. The second-order valence-electron chi connectivity index (χ2n) is 10.5. The zero-order chi connectivity index (χ0) is 29.3. The summed E-state index contributed by atoms with van der Waals surface area (Å²) in [5, 5.41) is 23.4. The fraction of sp³-hybridized carbons (Fsp3) is 0.429. The zero-order valence-electron chi connectivity index (χ0n) is 24.7. The van der Waals surface area contributed by atoms with E-state index in [1.807, 2.05) is 17.6 Å². The molecule has 0 unspecified atom stereocenters. The van der Waals surface area contributed by atoms with Crippen molar-refractivity contribution >= 4 is 21.9 Å². The average Bonchev–Trinajstić information content (AvgIpc) is 3.60. The molecule has 10 heteroatoms. The Kier molecular flexibility index (Phi) is 5.04. The van der Waals surface area contributed by atoms with Crippen LogP contribution in [0.5, 0.6) is 0 Å². The van der Waals surface area contributed by atoms with Gasteiger partial charge in [0.25, 0.3) is 0 Å². The molecule has 1 aromatic carbocycles. The molecular formula is C28H31FN6O3. The first-order valence-corrected chi connectivity index (χ1v) is 12.6. The SMILES string of the molecule is [2H]C([2H])([2H])c1nnn(C)c1-c1cnc2c3c(F)cc(C(C)(C)O)cc3n([C@H](c3cc(C)on3)C3CCOCC3)c2c1. The lowest BCUT2D eigenvalue weighted by molar-refractivity contribution is 0.0543. The smallest absolute Gasteiger partial charge is 0.135 e. The van der Waals surface area contributed by atoms with Gasteiger partial charge in [-0.05, 0) is 70.1 Å². The first-order chi connectivity index (χ1) is 19.3. The van der Waals surface area contributed by atoms with E-state index < -0.39 is 18.3 Å². The molecule has 1 N–H and O–H groups in total. The molecule has 6 rings (SSSR count). The minimum absolute atomic E-state index is 0.0702. The molecule has 1 aliphatic rings. The van der Waals surface area contributed by atoms with Gasteiger partial charge in [0.1, 0.15) is 17.3 Å². The van der Waals surface area contributed by atoms with Gasteiger partial charge in [-0.2, -0.15) is 0 Å². The molecule has 5 aromatic rings.